The standard InChI is InChI=1S/C38H22ClNS/c39-23-18-19-27-33-21-31(25-12-4-6-15-29(25)37(33)40(35(27)20-23)24-10-2-1-3-11-24)32-22-34-28-14-8-9-17-36(28)41-38(34)30-16-7-5-13-26(30)32/h1-22H. The predicted octanol–water partition coefficient (Wildman–Crippen LogP) is 11.8. The quantitative estimate of drug-likeness (QED) is 0.198. The van der Waals surface area contributed by atoms with E-state index in [2.05, 4.69) is 132 Å². The van der Waals surface area contributed by atoms with Crippen molar-refractivity contribution >= 4 is 86.5 Å². The van der Waals surface area contributed by atoms with Gasteiger partial charge >= 0.3 is 0 Å². The van der Waals surface area contributed by atoms with E-state index in [9.17, 15) is 0 Å². The molecule has 7 aromatic carbocycles. The van der Waals surface area contributed by atoms with E-state index in [1.807, 2.05) is 17.4 Å². The minimum atomic E-state index is 0.739. The zero-order valence-electron chi connectivity index (χ0n) is 21.9. The van der Waals surface area contributed by atoms with E-state index in [-0.39, 0.29) is 0 Å². The Hall–Kier alpha value is -4.63. The third kappa shape index (κ3) is 3.29. The average molecular weight is 560 g/mol. The molecule has 0 aliphatic rings. The lowest BCUT2D eigenvalue weighted by Crippen LogP contribution is -1.94. The van der Waals surface area contributed by atoms with Gasteiger partial charge in [0.1, 0.15) is 0 Å². The maximum absolute atomic E-state index is 6.60. The highest BCUT2D eigenvalue weighted by molar-refractivity contribution is 7.26. The van der Waals surface area contributed by atoms with E-state index in [1.54, 1.807) is 0 Å². The lowest BCUT2D eigenvalue weighted by molar-refractivity contribution is 1.19. The maximum Gasteiger partial charge on any atom is 0.0619 e. The Morgan fingerprint density at radius 1 is 0.463 bits per heavy atom. The summed E-state index contributed by atoms with van der Waals surface area (Å²) in [4.78, 5) is 0. The highest BCUT2D eigenvalue weighted by atomic mass is 35.5. The summed E-state index contributed by atoms with van der Waals surface area (Å²) < 4.78 is 5.05. The Balaban J connectivity index is 1.49. The molecule has 3 heteroatoms. The van der Waals surface area contributed by atoms with Crippen LogP contribution in [0, 0.1) is 0 Å². The van der Waals surface area contributed by atoms with Gasteiger partial charge in [0.25, 0.3) is 0 Å². The fraction of sp³-hybridized carbons (Fsp3) is 0. The summed E-state index contributed by atoms with van der Waals surface area (Å²) in [5.41, 5.74) is 5.97. The Bertz CT molecular complexity index is 2480. The summed E-state index contributed by atoms with van der Waals surface area (Å²) in [5.74, 6) is 0. The molecule has 2 heterocycles. The first-order chi connectivity index (χ1) is 20.3. The van der Waals surface area contributed by atoms with E-state index < -0.39 is 0 Å². The van der Waals surface area contributed by atoms with Crippen molar-refractivity contribution in [2.45, 2.75) is 0 Å². The van der Waals surface area contributed by atoms with E-state index >= 15 is 0 Å². The number of nitrogens with zero attached hydrogens (tertiary/aromatic N) is 1. The monoisotopic (exact) mass is 559 g/mol. The molecule has 9 rings (SSSR count). The molecule has 0 saturated carbocycles. The molecule has 0 unspecified atom stereocenters. The number of fused-ring (bicyclic) bond motifs is 10. The topological polar surface area (TPSA) is 4.93 Å². The zero-order valence-corrected chi connectivity index (χ0v) is 23.5. The third-order valence-corrected chi connectivity index (χ3v) is 9.87. The SMILES string of the molecule is Clc1ccc2c3cc(-c4cc5c6ccccc6sc5c5ccccc45)c4ccccc4c3n(-c3ccccc3)c2c1. The Morgan fingerprint density at radius 3 is 1.85 bits per heavy atom. The van der Waals surface area contributed by atoms with Gasteiger partial charge in [-0.15, -0.1) is 11.3 Å². The smallest absolute Gasteiger partial charge is 0.0619 e. The van der Waals surface area contributed by atoms with Crippen molar-refractivity contribution in [1.29, 1.82) is 0 Å². The van der Waals surface area contributed by atoms with Crippen molar-refractivity contribution in [3.05, 3.63) is 138 Å². The number of rotatable bonds is 2. The van der Waals surface area contributed by atoms with Crippen LogP contribution in [0.15, 0.2) is 133 Å². The van der Waals surface area contributed by atoms with Gasteiger partial charge in [0.05, 0.1) is 11.0 Å². The maximum atomic E-state index is 6.60. The van der Waals surface area contributed by atoms with Gasteiger partial charge in [0.2, 0.25) is 0 Å². The van der Waals surface area contributed by atoms with Crippen molar-refractivity contribution in [3.63, 3.8) is 0 Å². The average Bonchev–Trinajstić information content (AvgIpc) is 3.56. The molecule has 0 amide bonds. The van der Waals surface area contributed by atoms with Crippen molar-refractivity contribution in [1.82, 2.24) is 4.57 Å². The molecule has 2 aromatic heterocycles. The van der Waals surface area contributed by atoms with Crippen LogP contribution in [0.2, 0.25) is 5.02 Å². The van der Waals surface area contributed by atoms with Crippen LogP contribution in [-0.2, 0) is 0 Å². The van der Waals surface area contributed by atoms with Gasteiger partial charge in [-0.3, -0.25) is 0 Å². The second-order valence-corrected chi connectivity index (χ2v) is 12.1. The lowest BCUT2D eigenvalue weighted by atomic mass is 9.90. The summed E-state index contributed by atoms with van der Waals surface area (Å²) in [7, 11) is 0. The summed E-state index contributed by atoms with van der Waals surface area (Å²) in [6.45, 7) is 0. The largest absolute Gasteiger partial charge is 0.309 e. The van der Waals surface area contributed by atoms with Crippen molar-refractivity contribution in [2.24, 2.45) is 0 Å². The molecule has 0 saturated heterocycles. The molecule has 41 heavy (non-hydrogen) atoms. The number of hydrogen-bond donors (Lipinski definition) is 0. The number of hydrogen-bond acceptors (Lipinski definition) is 1. The molecule has 192 valence electrons. The number of halogens is 1. The lowest BCUT2D eigenvalue weighted by Gasteiger charge is -2.15. The molecule has 0 spiro atoms. The van der Waals surface area contributed by atoms with E-state index in [0.29, 0.717) is 0 Å². The first-order valence-electron chi connectivity index (χ1n) is 13.8. The number of thiophene rings is 1. The first-order valence-corrected chi connectivity index (χ1v) is 15.0. The highest BCUT2D eigenvalue weighted by Crippen LogP contribution is 2.46. The van der Waals surface area contributed by atoms with Crippen LogP contribution in [0.25, 0.3) is 80.3 Å². The molecule has 0 atom stereocenters. The van der Waals surface area contributed by atoms with Crippen LogP contribution in [-0.4, -0.2) is 4.57 Å². The Morgan fingerprint density at radius 2 is 1.07 bits per heavy atom. The fourth-order valence-corrected chi connectivity index (χ4v) is 8.07. The van der Waals surface area contributed by atoms with Gasteiger partial charge in [-0.2, -0.15) is 0 Å². The minimum Gasteiger partial charge on any atom is -0.309 e. The van der Waals surface area contributed by atoms with Gasteiger partial charge in [-0.1, -0.05) is 103 Å². The molecule has 0 aliphatic carbocycles. The third-order valence-electron chi connectivity index (χ3n) is 8.42. The predicted molar refractivity (Wildman–Crippen MR) is 179 cm³/mol. The summed E-state index contributed by atoms with van der Waals surface area (Å²) in [5, 5.41) is 10.9. The number of para-hydroxylation sites is 1. The first kappa shape index (κ1) is 23.1. The van der Waals surface area contributed by atoms with Crippen LogP contribution in [0.4, 0.5) is 0 Å². The van der Waals surface area contributed by atoms with E-state index in [0.717, 1.165) is 16.2 Å². The van der Waals surface area contributed by atoms with Crippen LogP contribution >= 0.6 is 22.9 Å². The summed E-state index contributed by atoms with van der Waals surface area (Å²) >= 11 is 8.49. The number of aromatic nitrogens is 1. The van der Waals surface area contributed by atoms with Gasteiger partial charge in [-0.05, 0) is 64.4 Å². The van der Waals surface area contributed by atoms with Gasteiger partial charge in [0, 0.05) is 52.4 Å². The minimum absolute atomic E-state index is 0.739. The Kier molecular flexibility index (Phi) is 4.89. The molecule has 9 aromatic rings. The van der Waals surface area contributed by atoms with E-state index in [4.69, 9.17) is 11.6 Å². The molecular formula is C38H22ClNS. The molecule has 0 bridgehead atoms. The van der Waals surface area contributed by atoms with Gasteiger partial charge in [0.15, 0.2) is 0 Å². The zero-order chi connectivity index (χ0) is 27.1. The molecule has 0 radical (unpaired) electrons. The van der Waals surface area contributed by atoms with Crippen molar-refractivity contribution < 1.29 is 0 Å². The van der Waals surface area contributed by atoms with Crippen molar-refractivity contribution in [3.8, 4) is 16.8 Å². The van der Waals surface area contributed by atoms with E-state index in [1.165, 1.54) is 69.1 Å². The van der Waals surface area contributed by atoms with Gasteiger partial charge < -0.3 is 4.57 Å². The molecule has 1 nitrogen and oxygen atoms in total. The van der Waals surface area contributed by atoms with Crippen LogP contribution in [0.5, 0.6) is 0 Å². The van der Waals surface area contributed by atoms with Crippen LogP contribution in [0.1, 0.15) is 0 Å². The Labute approximate surface area is 245 Å². The number of benzene rings is 7. The second kappa shape index (κ2) is 8.68. The molecule has 0 N–H and O–H groups in total. The fourth-order valence-electron chi connectivity index (χ4n) is 6.68. The molecule has 0 aliphatic heterocycles. The second-order valence-electron chi connectivity index (χ2n) is 10.6. The molecule has 0 fully saturated rings. The molecular weight excluding hydrogens is 538 g/mol. The van der Waals surface area contributed by atoms with Crippen LogP contribution < -0.4 is 0 Å². The van der Waals surface area contributed by atoms with Crippen LogP contribution in [0.3, 0.4) is 0 Å². The normalized spacial score (nSPS) is 12.0. The van der Waals surface area contributed by atoms with Gasteiger partial charge in [-0.25, -0.2) is 0 Å². The highest BCUT2D eigenvalue weighted by Gasteiger charge is 2.20. The summed E-state index contributed by atoms with van der Waals surface area (Å²) in [6.07, 6.45) is 0. The van der Waals surface area contributed by atoms with Crippen molar-refractivity contribution in [2.75, 3.05) is 0 Å². The summed E-state index contributed by atoms with van der Waals surface area (Å²) in [6, 6.07) is 48.2.